The Balaban J connectivity index is 1.58. The van der Waals surface area contributed by atoms with Crippen molar-refractivity contribution >= 4 is 29.3 Å². The number of carbonyl (C=O) groups excluding carboxylic acids is 1. The van der Waals surface area contributed by atoms with Gasteiger partial charge in [-0.15, -0.1) is 11.8 Å². The maximum Gasteiger partial charge on any atom is 0.310 e. The van der Waals surface area contributed by atoms with Crippen LogP contribution in [0, 0.1) is 17.3 Å². The van der Waals surface area contributed by atoms with Crippen molar-refractivity contribution < 1.29 is 9.53 Å². The van der Waals surface area contributed by atoms with Crippen molar-refractivity contribution in [1.29, 1.82) is 0 Å². The summed E-state index contributed by atoms with van der Waals surface area (Å²) in [5.41, 5.74) is 2.10. The second-order valence-electron chi connectivity index (χ2n) is 7.28. The zero-order chi connectivity index (χ0) is 18.7. The molecule has 5 heteroatoms. The monoisotopic (exact) mass is 389 g/mol. The standard InChI is InChI=1S/C21H24ClNO2S/c1-21(2)17(12-18(22)26-3)19(21)20(24)25-14-16-8-6-7-15(11-16)13-23-9-4-5-10-23/h4-12,17,19H,13-14H2,1-3H3. The summed E-state index contributed by atoms with van der Waals surface area (Å²) in [7, 11) is 0. The van der Waals surface area contributed by atoms with Gasteiger partial charge in [-0.25, -0.2) is 0 Å². The topological polar surface area (TPSA) is 31.2 Å². The Hall–Kier alpha value is -1.65. The highest BCUT2D eigenvalue weighted by Gasteiger charge is 2.61. The zero-order valence-electron chi connectivity index (χ0n) is 15.3. The summed E-state index contributed by atoms with van der Waals surface area (Å²) in [6.07, 6.45) is 7.99. The molecular formula is C21H24ClNO2S. The number of carbonyl (C=O) groups is 1. The van der Waals surface area contributed by atoms with Crippen LogP contribution < -0.4 is 0 Å². The molecule has 26 heavy (non-hydrogen) atoms. The van der Waals surface area contributed by atoms with Crippen molar-refractivity contribution in [3.05, 3.63) is 70.4 Å². The van der Waals surface area contributed by atoms with Crippen molar-refractivity contribution in [3.63, 3.8) is 0 Å². The fourth-order valence-corrected chi connectivity index (χ4v) is 3.81. The minimum Gasteiger partial charge on any atom is -0.461 e. The number of esters is 1. The first-order valence-electron chi connectivity index (χ1n) is 8.68. The van der Waals surface area contributed by atoms with Crippen LogP contribution in [0.3, 0.4) is 0 Å². The van der Waals surface area contributed by atoms with E-state index in [1.807, 2.05) is 49.0 Å². The van der Waals surface area contributed by atoms with E-state index >= 15 is 0 Å². The van der Waals surface area contributed by atoms with E-state index in [0.717, 1.165) is 16.5 Å². The molecule has 1 aliphatic rings. The van der Waals surface area contributed by atoms with Crippen molar-refractivity contribution in [2.75, 3.05) is 6.26 Å². The molecule has 3 nitrogen and oxygen atoms in total. The average Bonchev–Trinajstić information content (AvgIpc) is 2.96. The molecule has 1 fully saturated rings. The van der Waals surface area contributed by atoms with E-state index in [0.29, 0.717) is 6.61 Å². The number of thioether (sulfide) groups is 1. The third kappa shape index (κ3) is 4.36. The Bertz CT molecular complexity index is 798. The van der Waals surface area contributed by atoms with Crippen molar-refractivity contribution in [2.45, 2.75) is 27.0 Å². The highest BCUT2D eigenvalue weighted by Crippen LogP contribution is 2.60. The molecule has 0 spiro atoms. The van der Waals surface area contributed by atoms with Gasteiger partial charge in [0, 0.05) is 18.9 Å². The van der Waals surface area contributed by atoms with Crippen LogP contribution in [0.15, 0.2) is 59.2 Å². The molecule has 0 aliphatic heterocycles. The van der Waals surface area contributed by atoms with Gasteiger partial charge in [0.05, 0.1) is 10.3 Å². The largest absolute Gasteiger partial charge is 0.461 e. The van der Waals surface area contributed by atoms with Crippen molar-refractivity contribution in [3.8, 4) is 0 Å². The second kappa shape index (κ2) is 7.93. The maximum absolute atomic E-state index is 12.5. The van der Waals surface area contributed by atoms with Gasteiger partial charge in [-0.2, -0.15) is 0 Å². The third-order valence-electron chi connectivity index (χ3n) is 5.07. The predicted octanol–water partition coefficient (Wildman–Crippen LogP) is 5.30. The van der Waals surface area contributed by atoms with Gasteiger partial charge in [0.25, 0.3) is 0 Å². The van der Waals surface area contributed by atoms with E-state index < -0.39 is 0 Å². The molecule has 3 rings (SSSR count). The second-order valence-corrected chi connectivity index (χ2v) is 8.76. The van der Waals surface area contributed by atoms with Gasteiger partial charge in [-0.05, 0) is 40.8 Å². The lowest BCUT2D eigenvalue weighted by Crippen LogP contribution is -2.11. The van der Waals surface area contributed by atoms with Crippen LogP contribution in [0.25, 0.3) is 0 Å². The van der Waals surface area contributed by atoms with Crippen LogP contribution in [0.2, 0.25) is 0 Å². The van der Waals surface area contributed by atoms with E-state index in [1.165, 1.54) is 17.3 Å². The molecule has 2 atom stereocenters. The van der Waals surface area contributed by atoms with Crippen LogP contribution in [-0.4, -0.2) is 16.8 Å². The summed E-state index contributed by atoms with van der Waals surface area (Å²) in [5, 5.41) is 0. The van der Waals surface area contributed by atoms with E-state index in [1.54, 1.807) is 0 Å². The molecule has 1 saturated carbocycles. The SMILES string of the molecule is CSC(Cl)=CC1C(C(=O)OCc2cccc(Cn3cccc3)c2)C1(C)C. The molecule has 1 aromatic carbocycles. The fraction of sp³-hybridized carbons (Fsp3) is 0.381. The molecule has 2 unspecified atom stereocenters. The lowest BCUT2D eigenvalue weighted by molar-refractivity contribution is -0.147. The van der Waals surface area contributed by atoms with Crippen molar-refractivity contribution in [1.82, 2.24) is 4.57 Å². The summed E-state index contributed by atoms with van der Waals surface area (Å²) in [4.78, 5) is 12.5. The third-order valence-corrected chi connectivity index (χ3v) is 6.19. The lowest BCUT2D eigenvalue weighted by Gasteiger charge is -2.08. The Morgan fingerprint density at radius 2 is 1.96 bits per heavy atom. The van der Waals surface area contributed by atoms with E-state index in [2.05, 4.69) is 30.5 Å². The first-order chi connectivity index (χ1) is 12.4. The van der Waals surface area contributed by atoms with Crippen molar-refractivity contribution in [2.24, 2.45) is 17.3 Å². The summed E-state index contributed by atoms with van der Waals surface area (Å²) in [5.74, 6) is -0.112. The molecule has 0 radical (unpaired) electrons. The molecular weight excluding hydrogens is 366 g/mol. The minimum atomic E-state index is -0.141. The summed E-state index contributed by atoms with van der Waals surface area (Å²) in [6, 6.07) is 12.2. The number of hydrogen-bond acceptors (Lipinski definition) is 3. The zero-order valence-corrected chi connectivity index (χ0v) is 16.9. The van der Waals surface area contributed by atoms with E-state index in [4.69, 9.17) is 16.3 Å². The number of aromatic nitrogens is 1. The Labute approximate surface area is 164 Å². The van der Waals surface area contributed by atoms with Gasteiger partial charge in [0.1, 0.15) is 6.61 Å². The number of halogens is 1. The predicted molar refractivity (Wildman–Crippen MR) is 108 cm³/mol. The molecule has 0 bridgehead atoms. The normalized spacial score (nSPS) is 21.5. The quantitative estimate of drug-likeness (QED) is 0.602. The summed E-state index contributed by atoms with van der Waals surface area (Å²) >= 11 is 7.61. The first kappa shape index (κ1) is 19.1. The molecule has 138 valence electrons. The van der Waals surface area contributed by atoms with Crippen LogP contribution in [-0.2, 0) is 22.7 Å². The average molecular weight is 390 g/mol. The Kier molecular flexibility index (Phi) is 5.83. The number of nitrogens with zero attached hydrogens (tertiary/aromatic N) is 1. The van der Waals surface area contributed by atoms with Crippen LogP contribution >= 0.6 is 23.4 Å². The number of allylic oxidation sites excluding steroid dienone is 1. The molecule has 1 heterocycles. The van der Waals surface area contributed by atoms with E-state index in [-0.39, 0.29) is 23.2 Å². The fourth-order valence-electron chi connectivity index (χ4n) is 3.40. The number of ether oxygens (including phenoxy) is 1. The Morgan fingerprint density at radius 1 is 1.27 bits per heavy atom. The van der Waals surface area contributed by atoms with Gasteiger partial charge in [0.2, 0.25) is 0 Å². The van der Waals surface area contributed by atoms with Gasteiger partial charge in [0.15, 0.2) is 0 Å². The van der Waals surface area contributed by atoms with Gasteiger partial charge in [-0.3, -0.25) is 4.79 Å². The van der Waals surface area contributed by atoms with Crippen LogP contribution in [0.5, 0.6) is 0 Å². The van der Waals surface area contributed by atoms with Gasteiger partial charge >= 0.3 is 5.97 Å². The number of hydrogen-bond donors (Lipinski definition) is 0. The molecule has 0 saturated heterocycles. The molecule has 0 amide bonds. The minimum absolute atomic E-state index is 0.0940. The van der Waals surface area contributed by atoms with Gasteiger partial charge in [-0.1, -0.05) is 55.8 Å². The highest BCUT2D eigenvalue weighted by molar-refractivity contribution is 8.03. The van der Waals surface area contributed by atoms with Gasteiger partial charge < -0.3 is 9.30 Å². The highest BCUT2D eigenvalue weighted by atomic mass is 35.5. The Morgan fingerprint density at radius 3 is 2.65 bits per heavy atom. The number of benzene rings is 1. The number of rotatable bonds is 7. The maximum atomic E-state index is 12.5. The van der Waals surface area contributed by atoms with Crippen LogP contribution in [0.1, 0.15) is 25.0 Å². The molecule has 1 aromatic heterocycles. The molecule has 0 N–H and O–H groups in total. The molecule has 2 aromatic rings. The molecule has 1 aliphatic carbocycles. The smallest absolute Gasteiger partial charge is 0.310 e. The summed E-state index contributed by atoms with van der Waals surface area (Å²) in [6.45, 7) is 5.28. The summed E-state index contributed by atoms with van der Waals surface area (Å²) < 4.78 is 8.45. The van der Waals surface area contributed by atoms with E-state index in [9.17, 15) is 4.79 Å². The first-order valence-corrected chi connectivity index (χ1v) is 10.3. The van der Waals surface area contributed by atoms with Crippen LogP contribution in [0.4, 0.5) is 0 Å². The lowest BCUT2D eigenvalue weighted by atomic mass is 10.1.